The fraction of sp³-hybridized carbons (Fsp3) is 0.600. The lowest BCUT2D eigenvalue weighted by molar-refractivity contribution is 0.661. The van der Waals surface area contributed by atoms with Crippen molar-refractivity contribution in [2.45, 2.75) is 38.5 Å². The van der Waals surface area contributed by atoms with Crippen molar-refractivity contribution in [2.75, 3.05) is 0 Å². The Morgan fingerprint density at radius 2 is 2.10 bits per heavy atom. The predicted molar refractivity (Wildman–Crippen MR) is 42.5 cm³/mol. The van der Waals surface area contributed by atoms with E-state index in [0.29, 0.717) is 0 Å². The smallest absolute Gasteiger partial charge is 0.0238 e. The fourth-order valence-electron chi connectivity index (χ4n) is 1.83. The molecule has 0 aromatic heterocycles. The van der Waals surface area contributed by atoms with Crippen LogP contribution in [0.5, 0.6) is 0 Å². The molecular formula is C10H13. The van der Waals surface area contributed by atoms with Gasteiger partial charge in [-0.15, -0.1) is 0 Å². The third-order valence-corrected chi connectivity index (χ3v) is 2.38. The Labute approximate surface area is 62.6 Å². The van der Waals surface area contributed by atoms with Crippen molar-refractivity contribution in [3.8, 4) is 0 Å². The van der Waals surface area contributed by atoms with Crippen LogP contribution < -0.4 is 0 Å². The van der Waals surface area contributed by atoms with Gasteiger partial charge in [-0.05, 0) is 55.7 Å². The van der Waals surface area contributed by atoms with E-state index in [2.05, 4.69) is 12.2 Å². The monoisotopic (exact) mass is 133 g/mol. The lowest BCUT2D eigenvalue weighted by atomic mass is 9.85. The maximum atomic E-state index is 3.47. The van der Waals surface area contributed by atoms with Gasteiger partial charge in [0.05, 0.1) is 0 Å². The Morgan fingerprint density at radius 1 is 1.20 bits per heavy atom. The fourth-order valence-corrected chi connectivity index (χ4v) is 1.83. The number of hydrogen-bond donors (Lipinski definition) is 0. The van der Waals surface area contributed by atoms with Gasteiger partial charge in [-0.25, -0.2) is 0 Å². The lowest BCUT2D eigenvalue weighted by Gasteiger charge is -2.20. The third kappa shape index (κ3) is 1.03. The molecule has 0 heteroatoms. The molecule has 0 unspecified atom stereocenters. The first-order valence-electron chi connectivity index (χ1n) is 4.26. The molecule has 2 aliphatic rings. The summed E-state index contributed by atoms with van der Waals surface area (Å²) in [6.45, 7) is 0. The molecule has 0 spiro atoms. The molecule has 1 radical (unpaired) electrons. The summed E-state index contributed by atoms with van der Waals surface area (Å²) >= 11 is 0. The summed E-state index contributed by atoms with van der Waals surface area (Å²) in [5.41, 5.74) is 3.15. The number of rotatable bonds is 0. The normalized spacial score (nSPS) is 24.8. The van der Waals surface area contributed by atoms with E-state index in [0.717, 1.165) is 0 Å². The van der Waals surface area contributed by atoms with E-state index in [9.17, 15) is 0 Å². The van der Waals surface area contributed by atoms with Crippen LogP contribution in [-0.4, -0.2) is 0 Å². The third-order valence-electron chi connectivity index (χ3n) is 2.38. The molecule has 53 valence electrons. The highest BCUT2D eigenvalue weighted by atomic mass is 14.2. The second-order valence-corrected chi connectivity index (χ2v) is 3.13. The molecule has 0 heterocycles. The molecule has 0 N–H and O–H groups in total. The first-order chi connectivity index (χ1) is 4.97. The Bertz CT molecular complexity index is 162. The van der Waals surface area contributed by atoms with Crippen LogP contribution in [0.25, 0.3) is 0 Å². The average molecular weight is 133 g/mol. The van der Waals surface area contributed by atoms with Crippen LogP contribution in [0.4, 0.5) is 0 Å². The van der Waals surface area contributed by atoms with E-state index in [1.165, 1.54) is 44.1 Å². The van der Waals surface area contributed by atoms with Crippen LogP contribution in [0, 0.1) is 6.08 Å². The first kappa shape index (κ1) is 6.21. The average Bonchev–Trinajstić information content (AvgIpc) is 2.05. The van der Waals surface area contributed by atoms with Crippen LogP contribution in [-0.2, 0) is 0 Å². The largest absolute Gasteiger partial charge is 0.0807 e. The van der Waals surface area contributed by atoms with E-state index < -0.39 is 0 Å². The summed E-state index contributed by atoms with van der Waals surface area (Å²) in [5, 5.41) is 0. The van der Waals surface area contributed by atoms with Crippen molar-refractivity contribution in [1.29, 1.82) is 0 Å². The standard InChI is InChI=1S/C10H13/c1-2-6-10-8-4-3-7-9(10)5-1/h5H,1-4,7-8H2. The van der Waals surface area contributed by atoms with Gasteiger partial charge in [0.2, 0.25) is 0 Å². The van der Waals surface area contributed by atoms with Crippen LogP contribution in [0.1, 0.15) is 38.5 Å². The van der Waals surface area contributed by atoms with Crippen molar-refractivity contribution < 1.29 is 0 Å². The summed E-state index contributed by atoms with van der Waals surface area (Å²) in [6, 6.07) is 0. The van der Waals surface area contributed by atoms with E-state index in [1.807, 2.05) is 0 Å². The summed E-state index contributed by atoms with van der Waals surface area (Å²) in [4.78, 5) is 0. The minimum absolute atomic E-state index is 1.17. The van der Waals surface area contributed by atoms with Crippen molar-refractivity contribution in [1.82, 2.24) is 0 Å². The molecule has 0 amide bonds. The zero-order valence-electron chi connectivity index (χ0n) is 6.32. The van der Waals surface area contributed by atoms with Gasteiger partial charge < -0.3 is 0 Å². The van der Waals surface area contributed by atoms with Crippen molar-refractivity contribution in [3.05, 3.63) is 23.3 Å². The van der Waals surface area contributed by atoms with E-state index in [1.54, 1.807) is 5.57 Å². The van der Waals surface area contributed by atoms with Gasteiger partial charge in [-0.3, -0.25) is 0 Å². The highest BCUT2D eigenvalue weighted by molar-refractivity contribution is 5.32. The van der Waals surface area contributed by atoms with Gasteiger partial charge in [0.1, 0.15) is 0 Å². The SMILES string of the molecule is [C]1=C2CCCCC2=CCC1. The molecule has 0 atom stereocenters. The van der Waals surface area contributed by atoms with Gasteiger partial charge in [0.15, 0.2) is 0 Å². The molecule has 0 aliphatic heterocycles. The highest BCUT2D eigenvalue weighted by Crippen LogP contribution is 2.31. The molecule has 1 fully saturated rings. The Balaban J connectivity index is 2.19. The van der Waals surface area contributed by atoms with Crippen molar-refractivity contribution in [3.63, 3.8) is 0 Å². The zero-order chi connectivity index (χ0) is 6.81. The molecule has 1 saturated carbocycles. The van der Waals surface area contributed by atoms with Gasteiger partial charge in [0.25, 0.3) is 0 Å². The summed E-state index contributed by atoms with van der Waals surface area (Å²) < 4.78 is 0. The summed E-state index contributed by atoms with van der Waals surface area (Å²) in [5.74, 6) is 0. The van der Waals surface area contributed by atoms with Gasteiger partial charge in [-0.1, -0.05) is 6.08 Å². The predicted octanol–water partition coefficient (Wildman–Crippen LogP) is 3.01. The van der Waals surface area contributed by atoms with Gasteiger partial charge in [-0.2, -0.15) is 0 Å². The molecule has 2 rings (SSSR count). The Kier molecular flexibility index (Phi) is 1.62. The van der Waals surface area contributed by atoms with Gasteiger partial charge >= 0.3 is 0 Å². The number of fused-ring (bicyclic) bond motifs is 1. The number of hydrogen-bond acceptors (Lipinski definition) is 0. The molecule has 2 aliphatic carbocycles. The molecule has 10 heavy (non-hydrogen) atoms. The topological polar surface area (TPSA) is 0 Å². The molecule has 0 nitrogen and oxygen atoms in total. The molecule has 0 saturated heterocycles. The van der Waals surface area contributed by atoms with Crippen LogP contribution in [0.3, 0.4) is 0 Å². The molecular weight excluding hydrogens is 120 g/mol. The van der Waals surface area contributed by atoms with Crippen LogP contribution in [0.2, 0.25) is 0 Å². The molecule has 0 bridgehead atoms. The molecule has 0 aromatic rings. The van der Waals surface area contributed by atoms with Crippen LogP contribution >= 0.6 is 0 Å². The second-order valence-electron chi connectivity index (χ2n) is 3.13. The zero-order valence-corrected chi connectivity index (χ0v) is 6.32. The quantitative estimate of drug-likeness (QED) is 0.476. The first-order valence-corrected chi connectivity index (χ1v) is 4.26. The summed E-state index contributed by atoms with van der Waals surface area (Å²) in [7, 11) is 0. The van der Waals surface area contributed by atoms with E-state index >= 15 is 0 Å². The lowest BCUT2D eigenvalue weighted by Crippen LogP contribution is -2.01. The van der Waals surface area contributed by atoms with Gasteiger partial charge in [0, 0.05) is 0 Å². The van der Waals surface area contributed by atoms with Crippen molar-refractivity contribution >= 4 is 0 Å². The van der Waals surface area contributed by atoms with Crippen molar-refractivity contribution in [2.24, 2.45) is 0 Å². The Morgan fingerprint density at radius 3 is 3.00 bits per heavy atom. The maximum Gasteiger partial charge on any atom is -0.0238 e. The number of allylic oxidation sites excluding steroid dienone is 4. The second kappa shape index (κ2) is 2.61. The molecule has 0 aromatic carbocycles. The highest BCUT2D eigenvalue weighted by Gasteiger charge is 2.12. The van der Waals surface area contributed by atoms with E-state index in [4.69, 9.17) is 0 Å². The van der Waals surface area contributed by atoms with E-state index in [-0.39, 0.29) is 0 Å². The van der Waals surface area contributed by atoms with Crippen LogP contribution in [0.15, 0.2) is 17.2 Å². The minimum atomic E-state index is 1.17. The minimum Gasteiger partial charge on any atom is -0.0807 e. The Hall–Kier alpha value is -0.520. The summed E-state index contributed by atoms with van der Waals surface area (Å²) in [6.07, 6.45) is 13.7. The maximum absolute atomic E-state index is 3.47.